The first-order chi connectivity index (χ1) is 3.68. The number of hydrogen-bond acceptors (Lipinski definition) is 2. The maximum absolute atomic E-state index is 10.2. The summed E-state index contributed by atoms with van der Waals surface area (Å²) in [6.45, 7) is 2.30. The Morgan fingerprint density at radius 2 is 2.38 bits per heavy atom. The Morgan fingerprint density at radius 3 is 2.50 bits per heavy atom. The Bertz CT molecular complexity index is 86.1. The van der Waals surface area contributed by atoms with Crippen LogP contribution in [-0.2, 0) is 11.1 Å². The minimum absolute atomic E-state index is 0.167. The van der Waals surface area contributed by atoms with E-state index in [0.29, 0.717) is 6.54 Å². The van der Waals surface area contributed by atoms with Crippen molar-refractivity contribution >= 4 is 11.1 Å². The molecular formula is C4H11NO2S. The average Bonchev–Trinajstić information content (AvgIpc) is 1.67. The molecule has 2 unspecified atom stereocenters. The lowest BCUT2D eigenvalue weighted by Gasteiger charge is -2.02. The van der Waals surface area contributed by atoms with Crippen LogP contribution in [0.4, 0.5) is 0 Å². The standard InChI is InChI=1S/C4H11NO2S/c1-4(3-5-2)8(6)7/h4-5H,3H2,1-2H3,(H,6,7). The summed E-state index contributed by atoms with van der Waals surface area (Å²) in [5, 5.41) is 2.63. The van der Waals surface area contributed by atoms with Crippen molar-refractivity contribution in [3.05, 3.63) is 0 Å². The molecule has 50 valence electrons. The molecule has 0 saturated heterocycles. The lowest BCUT2D eigenvalue weighted by molar-refractivity contribution is 0.547. The van der Waals surface area contributed by atoms with Crippen molar-refractivity contribution in [2.75, 3.05) is 13.6 Å². The van der Waals surface area contributed by atoms with E-state index >= 15 is 0 Å². The molecule has 2 atom stereocenters. The molecule has 0 heterocycles. The molecule has 0 aromatic rings. The van der Waals surface area contributed by atoms with Gasteiger partial charge in [-0.1, -0.05) is 0 Å². The third-order valence-electron chi connectivity index (χ3n) is 0.836. The van der Waals surface area contributed by atoms with E-state index in [2.05, 4.69) is 5.32 Å². The Hall–Kier alpha value is 0.0700. The molecule has 2 N–H and O–H groups in total. The normalized spacial score (nSPS) is 17.9. The van der Waals surface area contributed by atoms with Gasteiger partial charge in [0.25, 0.3) is 0 Å². The van der Waals surface area contributed by atoms with E-state index in [1.54, 1.807) is 14.0 Å². The van der Waals surface area contributed by atoms with Gasteiger partial charge >= 0.3 is 0 Å². The molecule has 0 saturated carbocycles. The first kappa shape index (κ1) is 8.07. The third-order valence-corrected chi connectivity index (χ3v) is 1.69. The van der Waals surface area contributed by atoms with Gasteiger partial charge in [-0.3, -0.25) is 0 Å². The summed E-state index contributed by atoms with van der Waals surface area (Å²) < 4.78 is 18.5. The zero-order valence-electron chi connectivity index (χ0n) is 5.05. The Labute approximate surface area is 51.8 Å². The van der Waals surface area contributed by atoms with Gasteiger partial charge in [0.1, 0.15) is 0 Å². The summed E-state index contributed by atoms with van der Waals surface area (Å²) >= 11 is -1.67. The van der Waals surface area contributed by atoms with Crippen molar-refractivity contribution in [2.24, 2.45) is 0 Å². The molecule has 0 fully saturated rings. The van der Waals surface area contributed by atoms with Crippen LogP contribution in [0.25, 0.3) is 0 Å². The Balaban J connectivity index is 3.32. The van der Waals surface area contributed by atoms with E-state index < -0.39 is 11.1 Å². The van der Waals surface area contributed by atoms with Crippen molar-refractivity contribution in [1.29, 1.82) is 0 Å². The van der Waals surface area contributed by atoms with Crippen molar-refractivity contribution in [3.63, 3.8) is 0 Å². The second-order valence-electron chi connectivity index (χ2n) is 1.64. The highest BCUT2D eigenvalue weighted by Crippen LogP contribution is 1.86. The monoisotopic (exact) mass is 137 g/mol. The highest BCUT2D eigenvalue weighted by atomic mass is 32.2. The minimum Gasteiger partial charge on any atom is -0.318 e. The summed E-state index contributed by atoms with van der Waals surface area (Å²) in [5.41, 5.74) is 0. The van der Waals surface area contributed by atoms with Crippen LogP contribution >= 0.6 is 0 Å². The van der Waals surface area contributed by atoms with Crippen LogP contribution in [0.15, 0.2) is 0 Å². The van der Waals surface area contributed by atoms with Gasteiger partial charge in [0.15, 0.2) is 11.1 Å². The predicted molar refractivity (Wildman–Crippen MR) is 34.2 cm³/mol. The molecule has 0 amide bonds. The van der Waals surface area contributed by atoms with Gasteiger partial charge in [-0.2, -0.15) is 0 Å². The topological polar surface area (TPSA) is 49.3 Å². The summed E-state index contributed by atoms with van der Waals surface area (Å²) in [6, 6.07) is 0. The lowest BCUT2D eigenvalue weighted by atomic mass is 10.5. The summed E-state index contributed by atoms with van der Waals surface area (Å²) in [6.07, 6.45) is 0. The van der Waals surface area contributed by atoms with Gasteiger partial charge in [0.2, 0.25) is 0 Å². The second-order valence-corrected chi connectivity index (χ2v) is 3.00. The molecule has 0 aliphatic carbocycles. The quantitative estimate of drug-likeness (QED) is 0.530. The van der Waals surface area contributed by atoms with Gasteiger partial charge < -0.3 is 9.87 Å². The molecule has 3 nitrogen and oxygen atoms in total. The molecule has 0 bridgehead atoms. The molecule has 4 heteroatoms. The third kappa shape index (κ3) is 3.12. The molecular weight excluding hydrogens is 126 g/mol. The number of hydrogen-bond donors (Lipinski definition) is 2. The van der Waals surface area contributed by atoms with Crippen molar-refractivity contribution in [3.8, 4) is 0 Å². The lowest BCUT2D eigenvalue weighted by Crippen LogP contribution is -2.24. The van der Waals surface area contributed by atoms with Crippen LogP contribution in [0.5, 0.6) is 0 Å². The van der Waals surface area contributed by atoms with E-state index in [1.807, 2.05) is 0 Å². The van der Waals surface area contributed by atoms with E-state index in [4.69, 9.17) is 4.55 Å². The van der Waals surface area contributed by atoms with Gasteiger partial charge in [0.05, 0.1) is 5.25 Å². The van der Waals surface area contributed by atoms with Gasteiger partial charge in [0, 0.05) is 6.54 Å². The summed E-state index contributed by atoms with van der Waals surface area (Å²) in [4.78, 5) is 0. The maximum Gasteiger partial charge on any atom is 0.156 e. The van der Waals surface area contributed by atoms with E-state index in [9.17, 15) is 4.21 Å². The van der Waals surface area contributed by atoms with Crippen LogP contribution in [-0.4, -0.2) is 27.6 Å². The van der Waals surface area contributed by atoms with E-state index in [-0.39, 0.29) is 5.25 Å². The predicted octanol–water partition coefficient (Wildman–Crippen LogP) is -0.184. The maximum atomic E-state index is 10.2. The molecule has 0 aromatic heterocycles. The van der Waals surface area contributed by atoms with Crippen LogP contribution in [0, 0.1) is 0 Å². The van der Waals surface area contributed by atoms with E-state index in [0.717, 1.165) is 0 Å². The molecule has 0 aliphatic heterocycles. The van der Waals surface area contributed by atoms with Crippen molar-refractivity contribution in [1.82, 2.24) is 5.32 Å². The fourth-order valence-corrected chi connectivity index (χ4v) is 0.668. The Kier molecular flexibility index (Phi) is 4.03. The number of rotatable bonds is 3. The van der Waals surface area contributed by atoms with Crippen LogP contribution in [0.1, 0.15) is 6.92 Å². The highest BCUT2D eigenvalue weighted by Gasteiger charge is 2.04. The largest absolute Gasteiger partial charge is 0.318 e. The molecule has 8 heavy (non-hydrogen) atoms. The Morgan fingerprint density at radius 1 is 1.88 bits per heavy atom. The molecule has 0 rings (SSSR count). The van der Waals surface area contributed by atoms with Crippen molar-refractivity contribution < 1.29 is 8.76 Å². The van der Waals surface area contributed by atoms with Crippen molar-refractivity contribution in [2.45, 2.75) is 12.2 Å². The minimum atomic E-state index is -1.67. The summed E-state index contributed by atoms with van der Waals surface area (Å²) in [7, 11) is 1.75. The molecule has 0 aromatic carbocycles. The fraction of sp³-hybridized carbons (Fsp3) is 1.00. The first-order valence-corrected chi connectivity index (χ1v) is 3.59. The second kappa shape index (κ2) is 4.00. The fourth-order valence-electron chi connectivity index (χ4n) is 0.359. The molecule has 0 radical (unpaired) electrons. The zero-order chi connectivity index (χ0) is 6.57. The van der Waals surface area contributed by atoms with Gasteiger partial charge in [-0.05, 0) is 14.0 Å². The molecule has 0 spiro atoms. The van der Waals surface area contributed by atoms with Gasteiger partial charge in [-0.25, -0.2) is 4.21 Å². The first-order valence-electron chi connectivity index (χ1n) is 2.42. The molecule has 0 aliphatic rings. The average molecular weight is 137 g/mol. The highest BCUT2D eigenvalue weighted by molar-refractivity contribution is 7.79. The van der Waals surface area contributed by atoms with E-state index in [1.165, 1.54) is 0 Å². The smallest absolute Gasteiger partial charge is 0.156 e. The van der Waals surface area contributed by atoms with Crippen LogP contribution < -0.4 is 5.32 Å². The SMILES string of the molecule is CNCC(C)S(=O)O. The zero-order valence-corrected chi connectivity index (χ0v) is 5.86. The van der Waals surface area contributed by atoms with Crippen LogP contribution in [0.2, 0.25) is 0 Å². The number of nitrogens with one attached hydrogen (secondary N) is 1. The van der Waals surface area contributed by atoms with Crippen LogP contribution in [0.3, 0.4) is 0 Å². The summed E-state index contributed by atoms with van der Waals surface area (Å²) in [5.74, 6) is 0. The van der Waals surface area contributed by atoms with Gasteiger partial charge in [-0.15, -0.1) is 0 Å².